The van der Waals surface area contributed by atoms with Crippen molar-refractivity contribution in [3.8, 4) is 0 Å². The van der Waals surface area contributed by atoms with Crippen molar-refractivity contribution < 1.29 is 4.79 Å². The number of hydrogen-bond donors (Lipinski definition) is 1. The van der Waals surface area contributed by atoms with Crippen molar-refractivity contribution in [3.63, 3.8) is 0 Å². The first kappa shape index (κ1) is 14.6. The van der Waals surface area contributed by atoms with Gasteiger partial charge in [-0.2, -0.15) is 0 Å². The number of carbonyl (C=O) groups excluding carboxylic acids is 1. The highest BCUT2D eigenvalue weighted by Gasteiger charge is 2.39. The molecule has 1 N–H and O–H groups in total. The van der Waals surface area contributed by atoms with Gasteiger partial charge in [0.2, 0.25) is 0 Å². The van der Waals surface area contributed by atoms with Gasteiger partial charge in [-0.1, -0.05) is 44.2 Å². The van der Waals surface area contributed by atoms with E-state index < -0.39 is 5.66 Å². The van der Waals surface area contributed by atoms with Crippen LogP contribution in [0.25, 0.3) is 0 Å². The molecule has 3 rings (SSSR count). The molecule has 0 saturated heterocycles. The Morgan fingerprint density at radius 1 is 1.00 bits per heavy atom. The van der Waals surface area contributed by atoms with Gasteiger partial charge in [-0.05, 0) is 43.5 Å². The molecule has 0 aliphatic carbocycles. The topological polar surface area (TPSA) is 32.3 Å². The van der Waals surface area contributed by atoms with Crippen LogP contribution in [0.4, 0.5) is 11.4 Å². The van der Waals surface area contributed by atoms with Crippen molar-refractivity contribution in [2.24, 2.45) is 0 Å². The molecule has 2 aromatic carbocycles. The normalized spacial score (nSPS) is 16.4. The number of rotatable bonds is 2. The fraction of sp³-hybridized carbons (Fsp3) is 0.316. The van der Waals surface area contributed by atoms with Gasteiger partial charge in [0.05, 0.1) is 5.56 Å². The van der Waals surface area contributed by atoms with E-state index in [1.165, 1.54) is 5.56 Å². The van der Waals surface area contributed by atoms with Crippen molar-refractivity contribution in [1.29, 1.82) is 0 Å². The van der Waals surface area contributed by atoms with Gasteiger partial charge < -0.3 is 5.32 Å². The Morgan fingerprint density at radius 3 is 2.36 bits per heavy atom. The number of benzene rings is 2. The number of amides is 1. The van der Waals surface area contributed by atoms with E-state index >= 15 is 0 Å². The first-order valence-electron chi connectivity index (χ1n) is 7.72. The third-order valence-electron chi connectivity index (χ3n) is 4.16. The van der Waals surface area contributed by atoms with Crippen molar-refractivity contribution >= 4 is 17.3 Å². The maximum atomic E-state index is 13.1. The summed E-state index contributed by atoms with van der Waals surface area (Å²) >= 11 is 0. The molecule has 2 aromatic rings. The Morgan fingerprint density at radius 2 is 1.64 bits per heavy atom. The van der Waals surface area contributed by atoms with E-state index in [0.29, 0.717) is 5.92 Å². The molecule has 114 valence electrons. The molecule has 0 radical (unpaired) electrons. The summed E-state index contributed by atoms with van der Waals surface area (Å²) in [7, 11) is 0. The largest absolute Gasteiger partial charge is 0.362 e. The van der Waals surface area contributed by atoms with E-state index in [4.69, 9.17) is 0 Å². The van der Waals surface area contributed by atoms with E-state index in [0.717, 1.165) is 16.9 Å². The molecule has 0 saturated carbocycles. The van der Waals surface area contributed by atoms with Gasteiger partial charge in [-0.3, -0.25) is 9.69 Å². The third kappa shape index (κ3) is 2.27. The van der Waals surface area contributed by atoms with Gasteiger partial charge in [0.25, 0.3) is 5.91 Å². The highest BCUT2D eigenvalue weighted by Crippen LogP contribution is 2.38. The minimum atomic E-state index is -0.476. The molecule has 3 heteroatoms. The van der Waals surface area contributed by atoms with Crippen molar-refractivity contribution in [3.05, 3.63) is 59.7 Å². The summed E-state index contributed by atoms with van der Waals surface area (Å²) in [6.07, 6.45) is 0. The predicted octanol–water partition coefficient (Wildman–Crippen LogP) is 4.62. The summed E-state index contributed by atoms with van der Waals surface area (Å²) in [5.74, 6) is 0.407. The minimum absolute atomic E-state index is 0.0486. The lowest BCUT2D eigenvalue weighted by Crippen LogP contribution is -2.57. The van der Waals surface area contributed by atoms with Gasteiger partial charge >= 0.3 is 0 Å². The van der Waals surface area contributed by atoms with Gasteiger partial charge in [0.15, 0.2) is 0 Å². The van der Waals surface area contributed by atoms with Crippen molar-refractivity contribution in [1.82, 2.24) is 0 Å². The maximum absolute atomic E-state index is 13.1. The second-order valence-corrected chi connectivity index (χ2v) is 6.58. The Labute approximate surface area is 132 Å². The molecule has 0 atom stereocenters. The van der Waals surface area contributed by atoms with Crippen molar-refractivity contribution in [2.45, 2.75) is 39.3 Å². The molecule has 1 aliphatic rings. The molecule has 0 bridgehead atoms. The molecule has 0 spiro atoms. The Kier molecular flexibility index (Phi) is 3.44. The molecule has 1 amide bonds. The lowest BCUT2D eigenvalue weighted by atomic mass is 9.95. The molecule has 0 fully saturated rings. The standard InChI is InChI=1S/C19H22N2O/c1-13(2)14-9-6-8-12-17(14)21-18(22)15-10-5-7-11-16(15)20-19(21,3)4/h5-13,20H,1-4H3. The SMILES string of the molecule is CC(C)c1ccccc1N1C(=O)c2ccccc2NC1(C)C. The van der Waals surface area contributed by atoms with E-state index in [-0.39, 0.29) is 5.91 Å². The first-order chi connectivity index (χ1) is 10.4. The summed E-state index contributed by atoms with van der Waals surface area (Å²) < 4.78 is 0. The number of nitrogens with zero attached hydrogens (tertiary/aromatic N) is 1. The second kappa shape index (κ2) is 5.16. The molecule has 1 heterocycles. The zero-order valence-corrected chi connectivity index (χ0v) is 13.6. The number of para-hydroxylation sites is 2. The molecule has 0 aromatic heterocycles. The lowest BCUT2D eigenvalue weighted by Gasteiger charge is -2.45. The van der Waals surface area contributed by atoms with Crippen LogP contribution in [-0.2, 0) is 0 Å². The molecule has 3 nitrogen and oxygen atoms in total. The summed E-state index contributed by atoms with van der Waals surface area (Å²) in [5.41, 5.74) is 3.31. The summed E-state index contributed by atoms with van der Waals surface area (Å²) in [4.78, 5) is 15.0. The van der Waals surface area contributed by atoms with Crippen LogP contribution in [0.15, 0.2) is 48.5 Å². The summed E-state index contributed by atoms with van der Waals surface area (Å²) in [6, 6.07) is 15.9. The monoisotopic (exact) mass is 294 g/mol. The van der Waals surface area contributed by atoms with E-state index in [1.54, 1.807) is 0 Å². The zero-order chi connectivity index (χ0) is 15.9. The molecule has 0 unspecified atom stereocenters. The highest BCUT2D eigenvalue weighted by atomic mass is 16.2. The van der Waals surface area contributed by atoms with Crippen LogP contribution in [0.2, 0.25) is 0 Å². The van der Waals surface area contributed by atoms with Gasteiger partial charge in [-0.15, -0.1) is 0 Å². The third-order valence-corrected chi connectivity index (χ3v) is 4.16. The van der Waals surface area contributed by atoms with E-state index in [1.807, 2.05) is 61.2 Å². The van der Waals surface area contributed by atoms with Crippen LogP contribution in [-0.4, -0.2) is 11.6 Å². The Hall–Kier alpha value is -2.29. The zero-order valence-electron chi connectivity index (χ0n) is 13.6. The van der Waals surface area contributed by atoms with Crippen LogP contribution in [0.1, 0.15) is 49.5 Å². The van der Waals surface area contributed by atoms with Crippen LogP contribution < -0.4 is 10.2 Å². The second-order valence-electron chi connectivity index (χ2n) is 6.58. The first-order valence-corrected chi connectivity index (χ1v) is 7.72. The number of fused-ring (bicyclic) bond motifs is 1. The van der Waals surface area contributed by atoms with Gasteiger partial charge in [0, 0.05) is 11.4 Å². The number of anilines is 2. The summed E-state index contributed by atoms with van der Waals surface area (Å²) in [5, 5.41) is 3.49. The molecule has 1 aliphatic heterocycles. The van der Waals surface area contributed by atoms with Crippen LogP contribution in [0.3, 0.4) is 0 Å². The Bertz CT molecular complexity index is 719. The number of carbonyl (C=O) groups is 1. The van der Waals surface area contributed by atoms with Crippen LogP contribution in [0, 0.1) is 0 Å². The predicted molar refractivity (Wildman–Crippen MR) is 91.5 cm³/mol. The van der Waals surface area contributed by atoms with E-state index in [2.05, 4.69) is 25.2 Å². The minimum Gasteiger partial charge on any atom is -0.362 e. The number of nitrogens with one attached hydrogen (secondary N) is 1. The van der Waals surface area contributed by atoms with Crippen LogP contribution in [0.5, 0.6) is 0 Å². The number of hydrogen-bond acceptors (Lipinski definition) is 2. The smallest absolute Gasteiger partial charge is 0.262 e. The average Bonchev–Trinajstić information content (AvgIpc) is 2.46. The van der Waals surface area contributed by atoms with Crippen LogP contribution >= 0.6 is 0 Å². The quantitative estimate of drug-likeness (QED) is 0.876. The molecular weight excluding hydrogens is 272 g/mol. The van der Waals surface area contributed by atoms with Gasteiger partial charge in [0.1, 0.15) is 5.66 Å². The lowest BCUT2D eigenvalue weighted by molar-refractivity contribution is 0.0961. The average molecular weight is 294 g/mol. The maximum Gasteiger partial charge on any atom is 0.262 e. The van der Waals surface area contributed by atoms with E-state index in [9.17, 15) is 4.79 Å². The molecule has 22 heavy (non-hydrogen) atoms. The summed E-state index contributed by atoms with van der Waals surface area (Å²) in [6.45, 7) is 8.39. The van der Waals surface area contributed by atoms with Crippen molar-refractivity contribution in [2.75, 3.05) is 10.2 Å². The fourth-order valence-electron chi connectivity index (χ4n) is 3.13. The highest BCUT2D eigenvalue weighted by molar-refractivity contribution is 6.13. The van der Waals surface area contributed by atoms with Gasteiger partial charge in [-0.25, -0.2) is 0 Å². The molecular formula is C19H22N2O. The Balaban J connectivity index is 2.17. The fourth-order valence-corrected chi connectivity index (χ4v) is 3.13.